The van der Waals surface area contributed by atoms with Crippen LogP contribution < -0.4 is 0 Å². The number of hydrogen-bond donors (Lipinski definition) is 0. The van der Waals surface area contributed by atoms with Crippen LogP contribution in [0.25, 0.3) is 0 Å². The molecule has 1 aromatic carbocycles. The number of aromatic nitrogens is 1. The Bertz CT molecular complexity index is 833. The molecule has 0 radical (unpaired) electrons. The summed E-state index contributed by atoms with van der Waals surface area (Å²) < 4.78 is 6.61. The van der Waals surface area contributed by atoms with Gasteiger partial charge in [-0.25, -0.2) is 4.79 Å². The lowest BCUT2D eigenvalue weighted by Gasteiger charge is -2.19. The SMILES string of the molecule is CC(C)(C)OC(=O)n1ccc(C2CC(=O)N(Cc3ccccc3)C2=O)c1. The topological polar surface area (TPSA) is 68.6 Å². The molecule has 1 atom stereocenters. The molecule has 2 heterocycles. The second kappa shape index (κ2) is 6.78. The predicted molar refractivity (Wildman–Crippen MR) is 95.4 cm³/mol. The zero-order valence-electron chi connectivity index (χ0n) is 15.1. The second-order valence-corrected chi connectivity index (χ2v) is 7.39. The van der Waals surface area contributed by atoms with Gasteiger partial charge in [-0.15, -0.1) is 0 Å². The van der Waals surface area contributed by atoms with Crippen LogP contribution in [0.5, 0.6) is 0 Å². The van der Waals surface area contributed by atoms with Crippen LogP contribution in [0.3, 0.4) is 0 Å². The molecule has 0 aliphatic carbocycles. The van der Waals surface area contributed by atoms with E-state index in [1.54, 1.807) is 39.2 Å². The third-order valence-electron chi connectivity index (χ3n) is 4.15. The number of nitrogens with zero attached hydrogens (tertiary/aromatic N) is 2. The van der Waals surface area contributed by atoms with Gasteiger partial charge in [-0.05, 0) is 38.0 Å². The fraction of sp³-hybridized carbons (Fsp3) is 0.350. The number of rotatable bonds is 3. The quantitative estimate of drug-likeness (QED) is 0.793. The van der Waals surface area contributed by atoms with Crippen molar-refractivity contribution in [2.24, 2.45) is 0 Å². The minimum absolute atomic E-state index is 0.115. The van der Waals surface area contributed by atoms with Gasteiger partial charge in [0.05, 0.1) is 12.5 Å². The van der Waals surface area contributed by atoms with Gasteiger partial charge in [0.25, 0.3) is 0 Å². The van der Waals surface area contributed by atoms with E-state index in [2.05, 4.69) is 0 Å². The van der Waals surface area contributed by atoms with E-state index in [4.69, 9.17) is 4.74 Å². The Hall–Kier alpha value is -2.89. The summed E-state index contributed by atoms with van der Waals surface area (Å²) in [6.07, 6.45) is 2.72. The molecular formula is C20H22N2O4. The number of benzene rings is 1. The van der Waals surface area contributed by atoms with Gasteiger partial charge in [-0.2, -0.15) is 0 Å². The molecule has 1 aliphatic rings. The van der Waals surface area contributed by atoms with E-state index in [1.807, 2.05) is 30.3 Å². The fourth-order valence-electron chi connectivity index (χ4n) is 2.92. The predicted octanol–water partition coefficient (Wildman–Crippen LogP) is 3.31. The van der Waals surface area contributed by atoms with Gasteiger partial charge in [0.2, 0.25) is 11.8 Å². The number of carbonyl (C=O) groups excluding carboxylic acids is 3. The van der Waals surface area contributed by atoms with Crippen molar-refractivity contribution in [2.75, 3.05) is 0 Å². The van der Waals surface area contributed by atoms with Gasteiger partial charge in [-0.3, -0.25) is 19.1 Å². The van der Waals surface area contributed by atoms with Crippen molar-refractivity contribution in [3.05, 3.63) is 59.9 Å². The Morgan fingerprint density at radius 3 is 2.50 bits per heavy atom. The summed E-state index contributed by atoms with van der Waals surface area (Å²) in [5, 5.41) is 0. The molecular weight excluding hydrogens is 332 g/mol. The van der Waals surface area contributed by atoms with E-state index in [-0.39, 0.29) is 24.8 Å². The van der Waals surface area contributed by atoms with E-state index >= 15 is 0 Å². The molecule has 1 unspecified atom stereocenters. The van der Waals surface area contributed by atoms with Crippen molar-refractivity contribution < 1.29 is 19.1 Å². The first-order valence-electron chi connectivity index (χ1n) is 8.54. The van der Waals surface area contributed by atoms with Gasteiger partial charge < -0.3 is 4.74 Å². The van der Waals surface area contributed by atoms with Crippen molar-refractivity contribution >= 4 is 17.9 Å². The van der Waals surface area contributed by atoms with Crippen molar-refractivity contribution in [1.82, 2.24) is 9.47 Å². The maximum Gasteiger partial charge on any atom is 0.418 e. The minimum atomic E-state index is -0.604. The van der Waals surface area contributed by atoms with E-state index in [0.29, 0.717) is 5.56 Å². The highest BCUT2D eigenvalue weighted by molar-refractivity contribution is 6.06. The fourth-order valence-corrected chi connectivity index (χ4v) is 2.92. The molecule has 0 bridgehead atoms. The third-order valence-corrected chi connectivity index (χ3v) is 4.15. The Labute approximate surface area is 152 Å². The average Bonchev–Trinajstić information content (AvgIpc) is 3.15. The Morgan fingerprint density at radius 1 is 1.15 bits per heavy atom. The van der Waals surface area contributed by atoms with Crippen molar-refractivity contribution in [3.63, 3.8) is 0 Å². The number of likely N-dealkylation sites (tertiary alicyclic amines) is 1. The third kappa shape index (κ3) is 3.85. The zero-order chi connectivity index (χ0) is 18.9. The van der Waals surface area contributed by atoms with E-state index in [1.165, 1.54) is 9.47 Å². The molecule has 1 aliphatic heterocycles. The molecule has 1 aromatic heterocycles. The van der Waals surface area contributed by atoms with Crippen molar-refractivity contribution in [3.8, 4) is 0 Å². The number of carbonyl (C=O) groups is 3. The van der Waals surface area contributed by atoms with Gasteiger partial charge in [0.1, 0.15) is 5.60 Å². The van der Waals surface area contributed by atoms with Crippen LogP contribution in [0.2, 0.25) is 0 Å². The van der Waals surface area contributed by atoms with Crippen LogP contribution in [-0.2, 0) is 20.9 Å². The molecule has 0 saturated carbocycles. The van der Waals surface area contributed by atoms with Crippen LogP contribution in [0, 0.1) is 0 Å². The van der Waals surface area contributed by atoms with Gasteiger partial charge in [0.15, 0.2) is 0 Å². The van der Waals surface area contributed by atoms with Gasteiger partial charge >= 0.3 is 6.09 Å². The highest BCUT2D eigenvalue weighted by Crippen LogP contribution is 2.31. The maximum absolute atomic E-state index is 12.7. The number of hydrogen-bond acceptors (Lipinski definition) is 4. The van der Waals surface area contributed by atoms with Crippen LogP contribution in [0.4, 0.5) is 4.79 Å². The monoisotopic (exact) mass is 354 g/mol. The average molecular weight is 354 g/mol. The normalized spacial score (nSPS) is 17.7. The van der Waals surface area contributed by atoms with Crippen LogP contribution in [0.1, 0.15) is 44.2 Å². The zero-order valence-corrected chi connectivity index (χ0v) is 15.1. The van der Waals surface area contributed by atoms with E-state index in [0.717, 1.165) is 5.56 Å². The standard InChI is InChI=1S/C20H22N2O4/c1-20(2,3)26-19(25)21-10-9-15(13-21)16-11-17(23)22(18(16)24)12-14-7-5-4-6-8-14/h4-10,13,16H,11-12H2,1-3H3. The summed E-state index contributed by atoms with van der Waals surface area (Å²) in [5.41, 5.74) is 0.943. The Kier molecular flexibility index (Phi) is 4.68. The van der Waals surface area contributed by atoms with Crippen molar-refractivity contribution in [1.29, 1.82) is 0 Å². The Balaban J connectivity index is 1.74. The lowest BCUT2D eigenvalue weighted by Crippen LogP contribution is -2.29. The lowest BCUT2D eigenvalue weighted by atomic mass is 10.0. The molecule has 136 valence electrons. The largest absolute Gasteiger partial charge is 0.443 e. The van der Waals surface area contributed by atoms with Crippen LogP contribution in [-0.4, -0.2) is 33.0 Å². The summed E-state index contributed by atoms with van der Waals surface area (Å²) in [5.74, 6) is -0.996. The molecule has 6 nitrogen and oxygen atoms in total. The lowest BCUT2D eigenvalue weighted by molar-refractivity contribution is -0.139. The van der Waals surface area contributed by atoms with Gasteiger partial charge in [0, 0.05) is 18.8 Å². The summed E-state index contributed by atoms with van der Waals surface area (Å²) >= 11 is 0. The van der Waals surface area contributed by atoms with E-state index < -0.39 is 17.6 Å². The minimum Gasteiger partial charge on any atom is -0.443 e. The van der Waals surface area contributed by atoms with Crippen LogP contribution >= 0.6 is 0 Å². The molecule has 26 heavy (non-hydrogen) atoms. The van der Waals surface area contributed by atoms with Crippen molar-refractivity contribution in [2.45, 2.75) is 45.3 Å². The molecule has 3 rings (SSSR count). The highest BCUT2D eigenvalue weighted by atomic mass is 16.6. The smallest absolute Gasteiger partial charge is 0.418 e. The van der Waals surface area contributed by atoms with E-state index in [9.17, 15) is 14.4 Å². The summed E-state index contributed by atoms with van der Waals surface area (Å²) in [4.78, 5) is 38.4. The first kappa shape index (κ1) is 17.9. The summed E-state index contributed by atoms with van der Waals surface area (Å²) in [6.45, 7) is 5.63. The highest BCUT2D eigenvalue weighted by Gasteiger charge is 2.39. The molecule has 2 aromatic rings. The number of ether oxygens (including phenoxy) is 1. The molecule has 1 fully saturated rings. The molecule has 1 saturated heterocycles. The number of amides is 2. The molecule has 0 spiro atoms. The molecule has 2 amide bonds. The van der Waals surface area contributed by atoms with Gasteiger partial charge in [-0.1, -0.05) is 30.3 Å². The van der Waals surface area contributed by atoms with Crippen LogP contribution in [0.15, 0.2) is 48.8 Å². The second-order valence-electron chi connectivity index (χ2n) is 7.39. The maximum atomic E-state index is 12.7. The summed E-state index contributed by atoms with van der Waals surface area (Å²) in [6, 6.07) is 11.1. The molecule has 6 heteroatoms. The molecule has 0 N–H and O–H groups in total. The first-order valence-corrected chi connectivity index (χ1v) is 8.54. The summed E-state index contributed by atoms with van der Waals surface area (Å²) in [7, 11) is 0. The Morgan fingerprint density at radius 2 is 1.85 bits per heavy atom. The number of imide groups is 1. The first-order chi connectivity index (χ1) is 12.2.